The van der Waals surface area contributed by atoms with Crippen LogP contribution in [0.15, 0.2) is 35.7 Å². The van der Waals surface area contributed by atoms with Crippen molar-refractivity contribution in [3.63, 3.8) is 0 Å². The van der Waals surface area contributed by atoms with Crippen molar-refractivity contribution in [2.24, 2.45) is 5.28 Å². The molecule has 0 amide bonds. The molecule has 0 saturated heterocycles. The molecule has 1 N–H and O–H groups in total. The number of fused-ring (bicyclic) bond motifs is 1. The first-order valence-electron chi connectivity index (χ1n) is 5.74. The van der Waals surface area contributed by atoms with Gasteiger partial charge < -0.3 is 19.8 Å². The maximum Gasteiger partial charge on any atom is 0.347 e. The first-order chi connectivity index (χ1) is 9.22. The molecule has 7 heteroatoms. The normalized spacial score (nSPS) is 11.5. The van der Waals surface area contributed by atoms with E-state index in [1.165, 1.54) is 6.20 Å². The van der Waals surface area contributed by atoms with Crippen molar-refractivity contribution in [1.29, 1.82) is 0 Å². The molecular formula is C12H13N3O4. The maximum atomic E-state index is 11.7. The quantitative estimate of drug-likeness (QED) is 0.387. The van der Waals surface area contributed by atoms with Gasteiger partial charge in [-0.1, -0.05) is 12.1 Å². The third kappa shape index (κ3) is 3.01. The van der Waals surface area contributed by atoms with Gasteiger partial charge in [0.15, 0.2) is 0 Å². The monoisotopic (exact) mass is 263 g/mol. The molecule has 0 bridgehead atoms. The minimum absolute atomic E-state index is 0.256. The Balaban J connectivity index is 2.07. The molecule has 100 valence electrons. The number of aromatic amines is 1. The molecule has 19 heavy (non-hydrogen) atoms. The number of hydrogen-bond donors (Lipinski definition) is 1. The van der Waals surface area contributed by atoms with Crippen molar-refractivity contribution >= 4 is 22.6 Å². The number of carbonyl (C=O) groups excluding carboxylic acids is 1. The van der Waals surface area contributed by atoms with Crippen LogP contribution in [0.25, 0.3) is 10.9 Å². The Labute approximate surface area is 109 Å². The average molecular weight is 263 g/mol. The first kappa shape index (κ1) is 12.9. The lowest BCUT2D eigenvalue weighted by Gasteiger charge is -1.99. The molecule has 0 saturated carbocycles. The van der Waals surface area contributed by atoms with E-state index >= 15 is 0 Å². The standard InChI is InChI=1S/C12H13N3O4/c1-2-18-12(16)8-19-14-15(17)11-7-13-10-6-4-3-5-9(10)11/h3-7,13H,2,8H2,1H3. The highest BCUT2D eigenvalue weighted by Gasteiger charge is 2.12. The second-order valence-electron chi connectivity index (χ2n) is 3.65. The number of rotatable bonds is 5. The maximum absolute atomic E-state index is 11.7. The Morgan fingerprint density at radius 2 is 2.26 bits per heavy atom. The second kappa shape index (κ2) is 5.85. The molecule has 0 aliphatic rings. The van der Waals surface area contributed by atoms with Crippen LogP contribution in [0.2, 0.25) is 0 Å². The van der Waals surface area contributed by atoms with E-state index in [-0.39, 0.29) is 6.61 Å². The van der Waals surface area contributed by atoms with Crippen LogP contribution in [-0.2, 0) is 14.4 Å². The van der Waals surface area contributed by atoms with E-state index in [4.69, 9.17) is 0 Å². The van der Waals surface area contributed by atoms with Gasteiger partial charge in [-0.15, -0.1) is 0 Å². The molecule has 2 rings (SSSR count). The molecule has 1 aromatic heterocycles. The van der Waals surface area contributed by atoms with Crippen molar-refractivity contribution in [2.75, 3.05) is 13.2 Å². The Morgan fingerprint density at radius 1 is 1.47 bits per heavy atom. The number of hydrogen-bond acceptors (Lipinski definition) is 5. The fraction of sp³-hybridized carbons (Fsp3) is 0.250. The minimum Gasteiger partial charge on any atom is -0.592 e. The number of para-hydroxylation sites is 1. The number of aromatic nitrogens is 1. The van der Waals surface area contributed by atoms with Gasteiger partial charge in [0.05, 0.1) is 23.7 Å². The largest absolute Gasteiger partial charge is 0.592 e. The number of H-pyrrole nitrogens is 1. The van der Waals surface area contributed by atoms with Crippen LogP contribution >= 0.6 is 0 Å². The molecular weight excluding hydrogens is 250 g/mol. The Bertz CT molecular complexity index is 606. The Hall–Kier alpha value is -2.57. The second-order valence-corrected chi connectivity index (χ2v) is 3.65. The van der Waals surface area contributed by atoms with Gasteiger partial charge in [-0.25, -0.2) is 4.79 Å². The molecule has 1 aromatic carbocycles. The third-order valence-electron chi connectivity index (χ3n) is 2.39. The van der Waals surface area contributed by atoms with Crippen LogP contribution in [0, 0.1) is 5.21 Å². The fourth-order valence-corrected chi connectivity index (χ4v) is 1.60. The van der Waals surface area contributed by atoms with Crippen LogP contribution in [0.3, 0.4) is 0 Å². The number of nitrogens with one attached hydrogen (secondary N) is 1. The molecule has 0 radical (unpaired) electrons. The van der Waals surface area contributed by atoms with Gasteiger partial charge in [0.1, 0.15) is 0 Å². The zero-order valence-corrected chi connectivity index (χ0v) is 10.3. The molecule has 1 heterocycles. The lowest BCUT2D eigenvalue weighted by atomic mass is 10.2. The third-order valence-corrected chi connectivity index (χ3v) is 2.39. The van der Waals surface area contributed by atoms with Crippen LogP contribution in [0.4, 0.5) is 5.69 Å². The summed E-state index contributed by atoms with van der Waals surface area (Å²) >= 11 is 0. The van der Waals surface area contributed by atoms with E-state index in [1.54, 1.807) is 13.0 Å². The molecule has 0 unspecified atom stereocenters. The predicted octanol–water partition coefficient (Wildman–Crippen LogP) is 2.26. The van der Waals surface area contributed by atoms with Crippen molar-refractivity contribution in [2.45, 2.75) is 6.92 Å². The molecule has 7 nitrogen and oxygen atoms in total. The topological polar surface area (TPSA) is 89.8 Å². The van der Waals surface area contributed by atoms with E-state index in [0.29, 0.717) is 10.5 Å². The number of ether oxygens (including phenoxy) is 1. The van der Waals surface area contributed by atoms with Crippen LogP contribution in [0.5, 0.6) is 0 Å². The summed E-state index contributed by atoms with van der Waals surface area (Å²) in [5, 5.41) is 15.7. The molecule has 0 fully saturated rings. The number of nitrogens with zero attached hydrogens (tertiary/aromatic N) is 2. The van der Waals surface area contributed by atoms with Crippen LogP contribution < -0.4 is 0 Å². The summed E-state index contributed by atoms with van der Waals surface area (Å²) in [7, 11) is 0. The van der Waals surface area contributed by atoms with E-state index in [1.807, 2.05) is 18.2 Å². The number of carbonyl (C=O) groups is 1. The average Bonchev–Trinajstić information content (AvgIpc) is 2.82. The van der Waals surface area contributed by atoms with Crippen molar-refractivity contribution < 1.29 is 19.2 Å². The van der Waals surface area contributed by atoms with Gasteiger partial charge >= 0.3 is 5.97 Å². The summed E-state index contributed by atoms with van der Waals surface area (Å²) in [6, 6.07) is 7.29. The Kier molecular flexibility index (Phi) is 3.97. The van der Waals surface area contributed by atoms with Gasteiger partial charge in [0.2, 0.25) is 11.9 Å². The summed E-state index contributed by atoms with van der Waals surface area (Å²) in [5.74, 6) is -0.571. The highest BCUT2D eigenvalue weighted by molar-refractivity contribution is 5.88. The molecule has 0 aliphatic heterocycles. The van der Waals surface area contributed by atoms with Crippen molar-refractivity contribution in [3.8, 4) is 0 Å². The first-order valence-corrected chi connectivity index (χ1v) is 5.74. The summed E-state index contributed by atoms with van der Waals surface area (Å²) in [6.07, 6.45) is 1.52. The lowest BCUT2D eigenvalue weighted by molar-refractivity contribution is -0.476. The fourth-order valence-electron chi connectivity index (χ4n) is 1.60. The lowest BCUT2D eigenvalue weighted by Crippen LogP contribution is -2.11. The molecule has 2 aromatic rings. The van der Waals surface area contributed by atoms with Gasteiger partial charge in [-0.2, -0.15) is 0 Å². The minimum atomic E-state index is -0.571. The zero-order chi connectivity index (χ0) is 13.7. The van der Waals surface area contributed by atoms with Gasteiger partial charge in [-0.3, -0.25) is 0 Å². The summed E-state index contributed by atoms with van der Waals surface area (Å²) < 4.78 is 4.63. The predicted molar refractivity (Wildman–Crippen MR) is 66.6 cm³/mol. The highest BCUT2D eigenvalue weighted by Crippen LogP contribution is 2.24. The zero-order valence-electron chi connectivity index (χ0n) is 10.3. The molecule has 0 spiro atoms. The van der Waals surface area contributed by atoms with E-state index in [9.17, 15) is 10.0 Å². The number of benzene rings is 1. The number of esters is 1. The highest BCUT2D eigenvalue weighted by atomic mass is 16.7. The van der Waals surface area contributed by atoms with Crippen molar-refractivity contribution in [3.05, 3.63) is 35.7 Å². The Morgan fingerprint density at radius 3 is 3.05 bits per heavy atom. The van der Waals surface area contributed by atoms with Crippen LogP contribution in [0.1, 0.15) is 6.92 Å². The van der Waals surface area contributed by atoms with E-state index < -0.39 is 12.6 Å². The van der Waals surface area contributed by atoms with Gasteiger partial charge in [0, 0.05) is 0 Å². The summed E-state index contributed by atoms with van der Waals surface area (Å²) in [5.41, 5.74) is 1.14. The van der Waals surface area contributed by atoms with Crippen LogP contribution in [-0.4, -0.2) is 29.0 Å². The molecule has 0 aliphatic carbocycles. The van der Waals surface area contributed by atoms with Gasteiger partial charge in [0.25, 0.3) is 5.69 Å². The SMILES string of the molecule is CCOC(=O)CON=[N+]([O-])c1c[nH]c2ccccc12. The van der Waals surface area contributed by atoms with Gasteiger partial charge in [-0.05, 0) is 23.9 Å². The summed E-state index contributed by atoms with van der Waals surface area (Å²) in [4.78, 5) is 18.9. The molecule has 0 atom stereocenters. The van der Waals surface area contributed by atoms with E-state index in [2.05, 4.69) is 19.8 Å². The van der Waals surface area contributed by atoms with E-state index in [0.717, 1.165) is 10.9 Å². The van der Waals surface area contributed by atoms with Crippen molar-refractivity contribution in [1.82, 2.24) is 4.98 Å². The smallest absolute Gasteiger partial charge is 0.347 e. The summed E-state index contributed by atoms with van der Waals surface area (Å²) in [6.45, 7) is 1.54.